The van der Waals surface area contributed by atoms with Crippen LogP contribution in [0.25, 0.3) is 0 Å². The van der Waals surface area contributed by atoms with Crippen LogP contribution in [0, 0.1) is 12.3 Å². The molecule has 0 saturated carbocycles. The van der Waals surface area contributed by atoms with Gasteiger partial charge in [-0.1, -0.05) is 23.6 Å². The number of halogens is 3. The van der Waals surface area contributed by atoms with Crippen molar-refractivity contribution < 1.29 is 4.74 Å². The molecule has 21 heavy (non-hydrogen) atoms. The van der Waals surface area contributed by atoms with E-state index in [1.165, 1.54) is 0 Å². The highest BCUT2D eigenvalue weighted by Crippen LogP contribution is 2.28. The second-order valence-electron chi connectivity index (χ2n) is 4.24. The number of anilines is 1. The summed E-state index contributed by atoms with van der Waals surface area (Å²) in [5, 5.41) is 4.00. The summed E-state index contributed by atoms with van der Waals surface area (Å²) < 4.78 is 7.17. The fraction of sp³-hybridized carbons (Fsp3) is 0.125. The molecule has 0 fully saturated rings. The van der Waals surface area contributed by atoms with Crippen molar-refractivity contribution in [1.82, 2.24) is 0 Å². The first-order valence-electron chi connectivity index (χ1n) is 6.14. The third kappa shape index (κ3) is 4.67. The molecule has 0 atom stereocenters. The van der Waals surface area contributed by atoms with Gasteiger partial charge in [-0.05, 0) is 67.8 Å². The maximum atomic E-state index is 6.06. The van der Waals surface area contributed by atoms with Gasteiger partial charge in [0.05, 0.1) is 9.50 Å². The molecule has 0 bridgehead atoms. The van der Waals surface area contributed by atoms with Gasteiger partial charge < -0.3 is 10.1 Å². The van der Waals surface area contributed by atoms with Crippen LogP contribution in [0.5, 0.6) is 5.75 Å². The van der Waals surface area contributed by atoms with Gasteiger partial charge in [0.1, 0.15) is 12.4 Å². The van der Waals surface area contributed by atoms with E-state index in [1.54, 1.807) is 0 Å². The van der Waals surface area contributed by atoms with Gasteiger partial charge in [0.15, 0.2) is 0 Å². The highest BCUT2D eigenvalue weighted by molar-refractivity contribution is 9.10. The Balaban J connectivity index is 2.01. The second-order valence-corrected chi connectivity index (χ2v) is 6.36. The van der Waals surface area contributed by atoms with Gasteiger partial charge in [0.25, 0.3) is 0 Å². The van der Waals surface area contributed by atoms with Gasteiger partial charge in [-0.15, -0.1) is 6.42 Å². The van der Waals surface area contributed by atoms with E-state index in [4.69, 9.17) is 22.8 Å². The zero-order valence-electron chi connectivity index (χ0n) is 11.0. The van der Waals surface area contributed by atoms with E-state index in [9.17, 15) is 0 Å². The van der Waals surface area contributed by atoms with E-state index in [0.29, 0.717) is 11.6 Å². The van der Waals surface area contributed by atoms with Crippen LogP contribution in [0.1, 0.15) is 5.56 Å². The van der Waals surface area contributed by atoms with Crippen LogP contribution in [0.3, 0.4) is 0 Å². The monoisotopic (exact) mass is 427 g/mol. The first-order valence-corrected chi connectivity index (χ1v) is 8.10. The molecule has 0 aliphatic carbocycles. The summed E-state index contributed by atoms with van der Waals surface area (Å²) in [7, 11) is 0. The third-order valence-electron chi connectivity index (χ3n) is 2.72. The van der Waals surface area contributed by atoms with Gasteiger partial charge in [0, 0.05) is 16.7 Å². The summed E-state index contributed by atoms with van der Waals surface area (Å²) in [6.45, 7) is 0.944. The molecule has 2 aromatic rings. The highest BCUT2D eigenvalue weighted by atomic mass is 79.9. The minimum absolute atomic E-state index is 0.258. The Morgan fingerprint density at radius 2 is 1.95 bits per heavy atom. The molecule has 0 spiro atoms. The van der Waals surface area contributed by atoms with Crippen molar-refractivity contribution in [1.29, 1.82) is 0 Å². The molecular formula is C16H12Br2ClNO. The van der Waals surface area contributed by atoms with E-state index < -0.39 is 0 Å². The van der Waals surface area contributed by atoms with Crippen LogP contribution in [0.4, 0.5) is 5.69 Å². The van der Waals surface area contributed by atoms with Crippen LogP contribution >= 0.6 is 43.5 Å². The first kappa shape index (κ1) is 16.2. The van der Waals surface area contributed by atoms with E-state index in [-0.39, 0.29) is 6.61 Å². The summed E-state index contributed by atoms with van der Waals surface area (Å²) >= 11 is 12.9. The smallest absolute Gasteiger partial charge is 0.148 e. The maximum Gasteiger partial charge on any atom is 0.148 e. The molecule has 5 heteroatoms. The largest absolute Gasteiger partial charge is 0.480 e. The summed E-state index contributed by atoms with van der Waals surface area (Å²) in [6.07, 6.45) is 5.18. The zero-order chi connectivity index (χ0) is 15.2. The predicted molar refractivity (Wildman–Crippen MR) is 94.9 cm³/mol. The Labute approximate surface area is 146 Å². The molecule has 1 N–H and O–H groups in total. The van der Waals surface area contributed by atoms with Crippen molar-refractivity contribution >= 4 is 49.1 Å². The number of nitrogens with one attached hydrogen (secondary N) is 1. The molecule has 0 aliphatic heterocycles. The van der Waals surface area contributed by atoms with Crippen LogP contribution < -0.4 is 10.1 Å². The lowest BCUT2D eigenvalue weighted by Gasteiger charge is -2.10. The quantitative estimate of drug-likeness (QED) is 0.635. The van der Waals surface area contributed by atoms with Gasteiger partial charge in [-0.3, -0.25) is 0 Å². The SMILES string of the molecule is C#CCOc1ccc(CNc2ccc(Br)c(Cl)c2)cc1Br. The molecule has 0 aliphatic rings. The molecule has 0 radical (unpaired) electrons. The molecule has 0 heterocycles. The van der Waals surface area contributed by atoms with Crippen molar-refractivity contribution in [3.8, 4) is 18.1 Å². The van der Waals surface area contributed by atoms with E-state index in [1.807, 2.05) is 36.4 Å². The van der Waals surface area contributed by atoms with Crippen molar-refractivity contribution in [2.24, 2.45) is 0 Å². The number of hydrogen-bond acceptors (Lipinski definition) is 2. The fourth-order valence-electron chi connectivity index (χ4n) is 1.70. The minimum atomic E-state index is 0.258. The molecule has 108 valence electrons. The number of benzene rings is 2. The lowest BCUT2D eigenvalue weighted by Crippen LogP contribution is -2.00. The zero-order valence-corrected chi connectivity index (χ0v) is 14.9. The summed E-state index contributed by atoms with van der Waals surface area (Å²) in [6, 6.07) is 11.6. The van der Waals surface area contributed by atoms with Crippen molar-refractivity contribution in [2.75, 3.05) is 11.9 Å². The first-order chi connectivity index (χ1) is 10.1. The van der Waals surface area contributed by atoms with E-state index in [2.05, 4.69) is 43.1 Å². The Kier molecular flexibility index (Phi) is 5.98. The summed E-state index contributed by atoms with van der Waals surface area (Å²) in [5.41, 5.74) is 2.08. The maximum absolute atomic E-state index is 6.06. The molecule has 2 nitrogen and oxygen atoms in total. The van der Waals surface area contributed by atoms with Gasteiger partial charge >= 0.3 is 0 Å². The van der Waals surface area contributed by atoms with Crippen molar-refractivity contribution in [3.05, 3.63) is 55.9 Å². The van der Waals surface area contributed by atoms with Gasteiger partial charge in [0.2, 0.25) is 0 Å². The van der Waals surface area contributed by atoms with Crippen LogP contribution in [-0.2, 0) is 6.54 Å². The molecule has 0 amide bonds. The average Bonchev–Trinajstić information content (AvgIpc) is 2.47. The number of hydrogen-bond donors (Lipinski definition) is 1. The van der Waals surface area contributed by atoms with Crippen LogP contribution in [0.15, 0.2) is 45.3 Å². The minimum Gasteiger partial charge on any atom is -0.480 e. The van der Waals surface area contributed by atoms with Crippen LogP contribution in [-0.4, -0.2) is 6.61 Å². The predicted octanol–water partition coefficient (Wildman–Crippen LogP) is 5.49. The van der Waals surface area contributed by atoms with Crippen molar-refractivity contribution in [2.45, 2.75) is 6.54 Å². The molecule has 2 aromatic carbocycles. The van der Waals surface area contributed by atoms with Gasteiger partial charge in [-0.2, -0.15) is 0 Å². The molecule has 2 rings (SSSR count). The normalized spacial score (nSPS) is 10.0. The number of ether oxygens (including phenoxy) is 1. The lowest BCUT2D eigenvalue weighted by atomic mass is 10.2. The van der Waals surface area contributed by atoms with Crippen molar-refractivity contribution in [3.63, 3.8) is 0 Å². The summed E-state index contributed by atoms with van der Waals surface area (Å²) in [4.78, 5) is 0. The third-order valence-corrected chi connectivity index (χ3v) is 4.58. The van der Waals surface area contributed by atoms with E-state index in [0.717, 1.165) is 25.9 Å². The van der Waals surface area contributed by atoms with Crippen LogP contribution in [0.2, 0.25) is 5.02 Å². The fourth-order valence-corrected chi connectivity index (χ4v) is 2.67. The number of terminal acetylenes is 1. The Hall–Kier alpha value is -1.15. The molecule has 0 unspecified atom stereocenters. The molecule has 0 aromatic heterocycles. The topological polar surface area (TPSA) is 21.3 Å². The Morgan fingerprint density at radius 3 is 2.62 bits per heavy atom. The van der Waals surface area contributed by atoms with Gasteiger partial charge in [-0.25, -0.2) is 0 Å². The average molecular weight is 430 g/mol. The Bertz CT molecular complexity index is 682. The highest BCUT2D eigenvalue weighted by Gasteiger charge is 2.03. The van der Waals surface area contributed by atoms with E-state index >= 15 is 0 Å². The standard InChI is InChI=1S/C16H12Br2ClNO/c1-2-7-21-16-6-3-11(8-14(16)18)10-20-12-4-5-13(17)15(19)9-12/h1,3-6,8-9,20H,7,10H2. The lowest BCUT2D eigenvalue weighted by molar-refractivity contribution is 0.368. The second kappa shape index (κ2) is 7.74. The number of rotatable bonds is 5. The summed E-state index contributed by atoms with van der Waals surface area (Å²) in [5.74, 6) is 3.18. The molecule has 0 saturated heterocycles. The molecular weight excluding hydrogens is 417 g/mol. The Morgan fingerprint density at radius 1 is 1.14 bits per heavy atom.